The van der Waals surface area contributed by atoms with Crippen LogP contribution in [-0.4, -0.2) is 40.1 Å². The molecule has 1 rings (SSSR count). The number of carbonyl (C=O) groups is 1. The van der Waals surface area contributed by atoms with E-state index >= 15 is 0 Å². The molecule has 0 spiro atoms. The second-order valence-electron chi connectivity index (χ2n) is 4.66. The van der Waals surface area contributed by atoms with E-state index in [4.69, 9.17) is 5.73 Å². The number of sulfonamides is 1. The Balaban J connectivity index is 2.91. The van der Waals surface area contributed by atoms with Gasteiger partial charge in [-0.1, -0.05) is 6.92 Å². The van der Waals surface area contributed by atoms with Gasteiger partial charge < -0.3 is 10.5 Å². The molecule has 0 radical (unpaired) electrons. The summed E-state index contributed by atoms with van der Waals surface area (Å²) in [4.78, 5) is 11.3. The van der Waals surface area contributed by atoms with E-state index in [1.165, 1.54) is 25.3 Å². The van der Waals surface area contributed by atoms with Gasteiger partial charge in [-0.25, -0.2) is 17.9 Å². The molecular weight excluding hydrogens is 312 g/mol. The van der Waals surface area contributed by atoms with Crippen molar-refractivity contribution >= 4 is 33.4 Å². The summed E-state index contributed by atoms with van der Waals surface area (Å²) in [5, 5.41) is 0. The first-order chi connectivity index (χ1) is 9.81. The number of rotatable bonds is 7. The highest BCUT2D eigenvalue weighted by Crippen LogP contribution is 2.20. The molecule has 6 nitrogen and oxygen atoms in total. The third kappa shape index (κ3) is 4.90. The van der Waals surface area contributed by atoms with E-state index in [9.17, 15) is 13.2 Å². The standard InChI is InChI=1S/C13H20N2O4S2/c1-9(8-20-3)7-15-21(17,18)12-5-4-10(6-11(12)14)13(16)19-2/h4-6,9,15H,7-8,14H2,1-3H3. The Morgan fingerprint density at radius 1 is 1.48 bits per heavy atom. The van der Waals surface area contributed by atoms with Gasteiger partial charge in [0.05, 0.1) is 18.4 Å². The van der Waals surface area contributed by atoms with Crippen molar-refractivity contribution in [1.29, 1.82) is 0 Å². The van der Waals surface area contributed by atoms with Crippen molar-refractivity contribution in [3.63, 3.8) is 0 Å². The van der Waals surface area contributed by atoms with Gasteiger partial charge in [-0.3, -0.25) is 0 Å². The van der Waals surface area contributed by atoms with Crippen molar-refractivity contribution in [3.8, 4) is 0 Å². The van der Waals surface area contributed by atoms with Crippen molar-refractivity contribution in [3.05, 3.63) is 23.8 Å². The summed E-state index contributed by atoms with van der Waals surface area (Å²) in [6.45, 7) is 2.30. The molecule has 0 saturated heterocycles. The van der Waals surface area contributed by atoms with E-state index in [0.29, 0.717) is 6.54 Å². The molecule has 0 aliphatic heterocycles. The van der Waals surface area contributed by atoms with Crippen LogP contribution in [0.2, 0.25) is 0 Å². The molecule has 0 saturated carbocycles. The molecule has 1 atom stereocenters. The minimum Gasteiger partial charge on any atom is -0.465 e. The van der Waals surface area contributed by atoms with E-state index < -0.39 is 16.0 Å². The lowest BCUT2D eigenvalue weighted by molar-refractivity contribution is 0.0600. The highest BCUT2D eigenvalue weighted by Gasteiger charge is 2.19. The number of hydrogen-bond acceptors (Lipinski definition) is 6. The van der Waals surface area contributed by atoms with E-state index in [0.717, 1.165) is 5.75 Å². The summed E-state index contributed by atoms with van der Waals surface area (Å²) >= 11 is 1.66. The molecule has 8 heteroatoms. The van der Waals surface area contributed by atoms with Crippen LogP contribution in [0.5, 0.6) is 0 Å². The van der Waals surface area contributed by atoms with Gasteiger partial charge in [-0.05, 0) is 36.1 Å². The van der Waals surface area contributed by atoms with Crippen molar-refractivity contribution in [2.75, 3.05) is 31.4 Å². The van der Waals surface area contributed by atoms with Crippen LogP contribution in [0.25, 0.3) is 0 Å². The molecule has 21 heavy (non-hydrogen) atoms. The second kappa shape index (κ2) is 7.67. The van der Waals surface area contributed by atoms with Gasteiger partial charge in [0.25, 0.3) is 0 Å². The van der Waals surface area contributed by atoms with E-state index in [1.807, 2.05) is 13.2 Å². The second-order valence-corrected chi connectivity index (χ2v) is 7.30. The van der Waals surface area contributed by atoms with Gasteiger partial charge in [0.2, 0.25) is 10.0 Å². The molecule has 3 N–H and O–H groups in total. The van der Waals surface area contributed by atoms with Crippen LogP contribution in [-0.2, 0) is 14.8 Å². The van der Waals surface area contributed by atoms with Crippen LogP contribution in [0.1, 0.15) is 17.3 Å². The maximum atomic E-state index is 12.2. The van der Waals surface area contributed by atoms with E-state index in [1.54, 1.807) is 11.8 Å². The largest absolute Gasteiger partial charge is 0.465 e. The van der Waals surface area contributed by atoms with Crippen molar-refractivity contribution < 1.29 is 17.9 Å². The Labute approximate surface area is 129 Å². The minimum absolute atomic E-state index is 0.0166. The maximum absolute atomic E-state index is 12.2. The number of thioether (sulfide) groups is 1. The zero-order valence-corrected chi connectivity index (χ0v) is 13.9. The lowest BCUT2D eigenvalue weighted by atomic mass is 10.2. The summed E-state index contributed by atoms with van der Waals surface area (Å²) in [6, 6.07) is 3.98. The average molecular weight is 332 g/mol. The number of anilines is 1. The van der Waals surface area contributed by atoms with Gasteiger partial charge in [0.15, 0.2) is 0 Å². The number of nitrogen functional groups attached to an aromatic ring is 1. The topological polar surface area (TPSA) is 98.5 Å². The predicted molar refractivity (Wildman–Crippen MR) is 84.9 cm³/mol. The predicted octanol–water partition coefficient (Wildman–Crippen LogP) is 1.33. The molecule has 0 aliphatic rings. The number of carbonyl (C=O) groups excluding carboxylic acids is 1. The van der Waals surface area contributed by atoms with Crippen LogP contribution < -0.4 is 10.5 Å². The SMILES string of the molecule is COC(=O)c1ccc(S(=O)(=O)NCC(C)CSC)c(N)c1. The van der Waals surface area contributed by atoms with Crippen molar-refractivity contribution in [1.82, 2.24) is 4.72 Å². The third-order valence-electron chi connectivity index (χ3n) is 2.79. The highest BCUT2D eigenvalue weighted by molar-refractivity contribution is 7.98. The first-order valence-corrected chi connectivity index (χ1v) is 9.16. The Morgan fingerprint density at radius 2 is 2.14 bits per heavy atom. The number of nitrogens with one attached hydrogen (secondary N) is 1. The number of methoxy groups -OCH3 is 1. The Kier molecular flexibility index (Phi) is 6.50. The number of hydrogen-bond donors (Lipinski definition) is 2. The van der Waals surface area contributed by atoms with Gasteiger partial charge in [0.1, 0.15) is 4.90 Å². The summed E-state index contributed by atoms with van der Waals surface area (Å²) in [7, 11) is -2.44. The first-order valence-electron chi connectivity index (χ1n) is 6.28. The van der Waals surface area contributed by atoms with Crippen LogP contribution in [0.3, 0.4) is 0 Å². The molecule has 0 aliphatic carbocycles. The lowest BCUT2D eigenvalue weighted by Gasteiger charge is -2.13. The van der Waals surface area contributed by atoms with Crippen molar-refractivity contribution in [2.45, 2.75) is 11.8 Å². The monoisotopic (exact) mass is 332 g/mol. The summed E-state index contributed by atoms with van der Waals surface area (Å²) in [6.07, 6.45) is 1.97. The van der Waals surface area contributed by atoms with Crippen LogP contribution in [0.15, 0.2) is 23.1 Å². The summed E-state index contributed by atoms with van der Waals surface area (Å²) < 4.78 is 31.5. The zero-order chi connectivity index (χ0) is 16.0. The lowest BCUT2D eigenvalue weighted by Crippen LogP contribution is -2.29. The number of nitrogens with two attached hydrogens (primary N) is 1. The average Bonchev–Trinajstić information content (AvgIpc) is 2.44. The molecule has 1 aromatic rings. The Morgan fingerprint density at radius 3 is 2.67 bits per heavy atom. The smallest absolute Gasteiger partial charge is 0.337 e. The number of ether oxygens (including phenoxy) is 1. The Hall–Kier alpha value is -1.25. The number of benzene rings is 1. The van der Waals surface area contributed by atoms with Crippen LogP contribution >= 0.6 is 11.8 Å². The fraction of sp³-hybridized carbons (Fsp3) is 0.462. The fourth-order valence-electron chi connectivity index (χ4n) is 1.71. The molecular formula is C13H20N2O4S2. The molecule has 1 unspecified atom stereocenters. The third-order valence-corrected chi connectivity index (χ3v) is 5.19. The molecule has 118 valence electrons. The number of esters is 1. The summed E-state index contributed by atoms with van der Waals surface area (Å²) in [5.41, 5.74) is 5.96. The zero-order valence-electron chi connectivity index (χ0n) is 12.3. The van der Waals surface area contributed by atoms with Crippen LogP contribution in [0.4, 0.5) is 5.69 Å². The van der Waals surface area contributed by atoms with Gasteiger partial charge in [-0.2, -0.15) is 11.8 Å². The summed E-state index contributed by atoms with van der Waals surface area (Å²) in [5.74, 6) is 0.511. The normalized spacial score (nSPS) is 12.9. The van der Waals surface area contributed by atoms with Crippen LogP contribution in [0, 0.1) is 5.92 Å². The van der Waals surface area contributed by atoms with E-state index in [2.05, 4.69) is 9.46 Å². The highest BCUT2D eigenvalue weighted by atomic mass is 32.2. The van der Waals surface area contributed by atoms with Gasteiger partial charge in [0, 0.05) is 6.54 Å². The fourth-order valence-corrected chi connectivity index (χ4v) is 3.67. The Bertz CT molecular complexity index is 602. The quantitative estimate of drug-likeness (QED) is 0.577. The molecule has 0 bridgehead atoms. The first kappa shape index (κ1) is 17.8. The van der Waals surface area contributed by atoms with E-state index in [-0.39, 0.29) is 22.1 Å². The molecule has 0 amide bonds. The van der Waals surface area contributed by atoms with Gasteiger partial charge in [-0.15, -0.1) is 0 Å². The maximum Gasteiger partial charge on any atom is 0.337 e. The van der Waals surface area contributed by atoms with Gasteiger partial charge >= 0.3 is 5.97 Å². The molecule has 0 aromatic heterocycles. The molecule has 1 aromatic carbocycles. The molecule has 0 heterocycles. The van der Waals surface area contributed by atoms with Crippen molar-refractivity contribution in [2.24, 2.45) is 5.92 Å². The molecule has 0 fully saturated rings. The minimum atomic E-state index is -3.69.